The van der Waals surface area contributed by atoms with Crippen molar-refractivity contribution in [3.63, 3.8) is 0 Å². The van der Waals surface area contributed by atoms with E-state index in [-0.39, 0.29) is 5.25 Å². The fourth-order valence-corrected chi connectivity index (χ4v) is 3.33. The van der Waals surface area contributed by atoms with Gasteiger partial charge in [-0.25, -0.2) is 9.97 Å². The minimum atomic E-state index is 0.211. The first-order valence-corrected chi connectivity index (χ1v) is 8.23. The Morgan fingerprint density at radius 3 is 2.81 bits per heavy atom. The largest absolute Gasteiger partial charge is 0.384 e. The van der Waals surface area contributed by atoms with Crippen molar-refractivity contribution in [1.29, 1.82) is 0 Å². The number of pyridine rings is 1. The molecule has 0 saturated carbocycles. The molecule has 2 aromatic heterocycles. The van der Waals surface area contributed by atoms with Gasteiger partial charge < -0.3 is 5.73 Å². The Kier molecular flexibility index (Phi) is 5.82. The highest BCUT2D eigenvalue weighted by Crippen LogP contribution is 2.37. The van der Waals surface area contributed by atoms with E-state index in [1.54, 1.807) is 17.8 Å². The second kappa shape index (κ2) is 7.61. The third-order valence-corrected chi connectivity index (χ3v) is 4.38. The topological polar surface area (TPSA) is 64.7 Å². The Balaban J connectivity index is 2.23. The molecule has 4 nitrogen and oxygen atoms in total. The quantitative estimate of drug-likeness (QED) is 0.484. The molecule has 1 unspecified atom stereocenters. The number of aryl methyl sites for hydroxylation is 1. The van der Waals surface area contributed by atoms with Crippen LogP contribution in [-0.2, 0) is 0 Å². The van der Waals surface area contributed by atoms with Gasteiger partial charge in [-0.15, -0.1) is 0 Å². The summed E-state index contributed by atoms with van der Waals surface area (Å²) in [5.74, 6) is 0.393. The lowest BCUT2D eigenvalue weighted by atomic mass is 10.1. The first-order valence-electron chi connectivity index (χ1n) is 6.97. The van der Waals surface area contributed by atoms with Crippen LogP contribution in [0.3, 0.4) is 0 Å². The van der Waals surface area contributed by atoms with Gasteiger partial charge in [-0.3, -0.25) is 4.98 Å². The van der Waals surface area contributed by atoms with E-state index in [2.05, 4.69) is 34.9 Å². The molecule has 2 heterocycles. The highest BCUT2D eigenvalue weighted by atomic mass is 35.5. The third kappa shape index (κ3) is 4.86. The molecule has 21 heavy (non-hydrogen) atoms. The standard InChI is InChI=1S/C15H19ClN4S/c1-3-4-5-12(11-8-10(2)6-7-18-11)21-15-19-13(16)9-14(17)20-15/h6-9,12H,3-5H2,1-2H3,(H2,17,19,20). The van der Waals surface area contributed by atoms with Gasteiger partial charge in [0.1, 0.15) is 11.0 Å². The molecule has 6 heteroatoms. The second-order valence-corrected chi connectivity index (χ2v) is 6.46. The summed E-state index contributed by atoms with van der Waals surface area (Å²) in [4.78, 5) is 13.0. The minimum Gasteiger partial charge on any atom is -0.384 e. The van der Waals surface area contributed by atoms with Crippen LogP contribution < -0.4 is 5.73 Å². The molecule has 2 aromatic rings. The molecule has 2 rings (SSSR count). The lowest BCUT2D eigenvalue weighted by Gasteiger charge is -2.15. The van der Waals surface area contributed by atoms with E-state index in [1.807, 2.05) is 12.3 Å². The van der Waals surface area contributed by atoms with Gasteiger partial charge >= 0.3 is 0 Å². The molecule has 2 N–H and O–H groups in total. The smallest absolute Gasteiger partial charge is 0.191 e. The van der Waals surface area contributed by atoms with Crippen LogP contribution in [0.25, 0.3) is 0 Å². The van der Waals surface area contributed by atoms with Gasteiger partial charge in [0.25, 0.3) is 0 Å². The Morgan fingerprint density at radius 1 is 1.33 bits per heavy atom. The predicted octanol–water partition coefficient (Wildman–Crippen LogP) is 4.44. The number of thioether (sulfide) groups is 1. The molecule has 0 aliphatic heterocycles. The first kappa shape index (κ1) is 16.0. The number of hydrogen-bond donors (Lipinski definition) is 1. The average Bonchev–Trinajstić information content (AvgIpc) is 2.42. The molecule has 0 aliphatic rings. The molecule has 0 saturated heterocycles. The molecule has 0 bridgehead atoms. The Hall–Kier alpha value is -1.33. The van der Waals surface area contributed by atoms with Crippen LogP contribution in [0.5, 0.6) is 0 Å². The monoisotopic (exact) mass is 322 g/mol. The summed E-state index contributed by atoms with van der Waals surface area (Å²) < 4.78 is 0. The normalized spacial score (nSPS) is 12.3. The van der Waals surface area contributed by atoms with Crippen molar-refractivity contribution in [3.8, 4) is 0 Å². The van der Waals surface area contributed by atoms with E-state index in [0.717, 1.165) is 25.0 Å². The highest BCUT2D eigenvalue weighted by molar-refractivity contribution is 7.99. The summed E-state index contributed by atoms with van der Waals surface area (Å²) in [6.45, 7) is 4.25. The van der Waals surface area contributed by atoms with Crippen LogP contribution in [0, 0.1) is 6.92 Å². The molecule has 0 spiro atoms. The molecule has 112 valence electrons. The van der Waals surface area contributed by atoms with Crippen LogP contribution in [0.15, 0.2) is 29.6 Å². The van der Waals surface area contributed by atoms with Crippen LogP contribution in [-0.4, -0.2) is 15.0 Å². The maximum atomic E-state index is 5.95. The fourth-order valence-electron chi connectivity index (χ4n) is 1.99. The van der Waals surface area contributed by atoms with Crippen molar-refractivity contribution in [2.24, 2.45) is 0 Å². The molecule has 0 radical (unpaired) electrons. The Bertz CT molecular complexity index is 586. The molecular weight excluding hydrogens is 304 g/mol. The van der Waals surface area contributed by atoms with Gasteiger partial charge in [0.15, 0.2) is 5.16 Å². The van der Waals surface area contributed by atoms with E-state index < -0.39 is 0 Å². The van der Waals surface area contributed by atoms with Crippen molar-refractivity contribution >= 4 is 29.2 Å². The van der Waals surface area contributed by atoms with Gasteiger partial charge in [0, 0.05) is 12.3 Å². The van der Waals surface area contributed by atoms with Gasteiger partial charge in [-0.2, -0.15) is 0 Å². The zero-order valence-electron chi connectivity index (χ0n) is 12.2. The van der Waals surface area contributed by atoms with Gasteiger partial charge in [-0.05, 0) is 31.0 Å². The molecule has 0 amide bonds. The fraction of sp³-hybridized carbons (Fsp3) is 0.400. The molecule has 0 aromatic carbocycles. The van der Waals surface area contributed by atoms with Crippen LogP contribution >= 0.6 is 23.4 Å². The average molecular weight is 323 g/mol. The van der Waals surface area contributed by atoms with Crippen LogP contribution in [0.4, 0.5) is 5.82 Å². The van der Waals surface area contributed by atoms with Crippen molar-refractivity contribution < 1.29 is 0 Å². The number of hydrogen-bond acceptors (Lipinski definition) is 5. The summed E-state index contributed by atoms with van der Waals surface area (Å²) in [5.41, 5.74) is 7.99. The first-order chi connectivity index (χ1) is 10.1. The minimum absolute atomic E-state index is 0.211. The Morgan fingerprint density at radius 2 is 2.14 bits per heavy atom. The highest BCUT2D eigenvalue weighted by Gasteiger charge is 2.17. The van der Waals surface area contributed by atoms with Crippen molar-refractivity contribution in [2.45, 2.75) is 43.5 Å². The lowest BCUT2D eigenvalue weighted by molar-refractivity contribution is 0.693. The number of aromatic nitrogens is 3. The van der Waals surface area contributed by atoms with Gasteiger partial charge in [0.05, 0.1) is 10.9 Å². The maximum absolute atomic E-state index is 5.95. The Labute approximate surface area is 134 Å². The van der Waals surface area contributed by atoms with Crippen LogP contribution in [0.2, 0.25) is 5.15 Å². The zero-order chi connectivity index (χ0) is 15.2. The zero-order valence-corrected chi connectivity index (χ0v) is 13.8. The van der Waals surface area contributed by atoms with E-state index in [0.29, 0.717) is 16.1 Å². The number of anilines is 1. The summed E-state index contributed by atoms with van der Waals surface area (Å²) >= 11 is 7.52. The molecular formula is C15H19ClN4S. The van der Waals surface area contributed by atoms with E-state index >= 15 is 0 Å². The SMILES string of the molecule is CCCCC(Sc1nc(N)cc(Cl)n1)c1cc(C)ccn1. The lowest BCUT2D eigenvalue weighted by Crippen LogP contribution is -2.01. The maximum Gasteiger partial charge on any atom is 0.191 e. The number of unbranched alkanes of at least 4 members (excludes halogenated alkanes) is 1. The van der Waals surface area contributed by atoms with E-state index in [4.69, 9.17) is 17.3 Å². The van der Waals surface area contributed by atoms with Gasteiger partial charge in [0.2, 0.25) is 0 Å². The number of halogens is 1. The van der Waals surface area contributed by atoms with Crippen LogP contribution in [0.1, 0.15) is 42.7 Å². The molecule has 1 atom stereocenters. The van der Waals surface area contributed by atoms with Crippen molar-refractivity contribution in [3.05, 3.63) is 40.8 Å². The number of nitrogen functional groups attached to an aromatic ring is 1. The number of nitrogens with zero attached hydrogens (tertiary/aromatic N) is 3. The van der Waals surface area contributed by atoms with Crippen molar-refractivity contribution in [2.75, 3.05) is 5.73 Å². The molecule has 0 aliphatic carbocycles. The van der Waals surface area contributed by atoms with Gasteiger partial charge in [-0.1, -0.05) is 43.1 Å². The number of rotatable bonds is 6. The summed E-state index contributed by atoms with van der Waals surface area (Å²) in [6, 6.07) is 5.66. The van der Waals surface area contributed by atoms with E-state index in [1.165, 1.54) is 5.56 Å². The molecule has 0 fully saturated rings. The van der Waals surface area contributed by atoms with Crippen molar-refractivity contribution in [1.82, 2.24) is 15.0 Å². The number of nitrogens with two attached hydrogens (primary N) is 1. The second-order valence-electron chi connectivity index (χ2n) is 4.90. The third-order valence-electron chi connectivity index (χ3n) is 3.03. The summed E-state index contributed by atoms with van der Waals surface area (Å²) in [6.07, 6.45) is 5.13. The summed E-state index contributed by atoms with van der Waals surface area (Å²) in [7, 11) is 0. The van der Waals surface area contributed by atoms with E-state index in [9.17, 15) is 0 Å². The predicted molar refractivity (Wildman–Crippen MR) is 88.6 cm³/mol. The summed E-state index contributed by atoms with van der Waals surface area (Å²) in [5, 5.41) is 1.18.